The van der Waals surface area contributed by atoms with Gasteiger partial charge in [0.2, 0.25) is 0 Å². The fraction of sp³-hybridized carbons (Fsp3) is 0.350. The van der Waals surface area contributed by atoms with Gasteiger partial charge in [0.1, 0.15) is 5.60 Å². The molecule has 0 saturated heterocycles. The summed E-state index contributed by atoms with van der Waals surface area (Å²) in [6, 6.07) is 5.51. The van der Waals surface area contributed by atoms with Crippen LogP contribution in [0.1, 0.15) is 39.2 Å². The molecule has 0 spiro atoms. The van der Waals surface area contributed by atoms with E-state index >= 15 is 0 Å². The highest BCUT2D eigenvalue weighted by Crippen LogP contribution is 2.40. The second kappa shape index (κ2) is 8.26. The number of nitrogens with one attached hydrogen (secondary N) is 1. The number of nitro groups is 1. The summed E-state index contributed by atoms with van der Waals surface area (Å²) in [5.74, 6) is -2.64. The molecule has 29 heavy (non-hydrogen) atoms. The summed E-state index contributed by atoms with van der Waals surface area (Å²) < 4.78 is 10.3. The topological polar surface area (TPSA) is 125 Å². The van der Waals surface area contributed by atoms with Crippen molar-refractivity contribution in [3.8, 4) is 0 Å². The number of rotatable bonds is 5. The lowest BCUT2D eigenvalue weighted by molar-refractivity contribution is -0.384. The monoisotopic (exact) mass is 402 g/mol. The number of ether oxygens (including phenoxy) is 2. The van der Waals surface area contributed by atoms with Gasteiger partial charge in [-0.3, -0.25) is 14.9 Å². The second-order valence-corrected chi connectivity index (χ2v) is 7.39. The van der Waals surface area contributed by atoms with Crippen LogP contribution >= 0.6 is 0 Å². The standard InChI is InChI=1S/C20H22N2O7/c1-11-15(19(25)29-20(2,3)4)16(12-7-6-8-13(9-12)22(26)27)17(18(24)28-5)14(10-23)21-11/h6-10,16,21H,1-5H3. The number of carbonyl (C=O) groups excluding carboxylic acids is 3. The minimum atomic E-state index is -1.08. The zero-order chi connectivity index (χ0) is 21.9. The summed E-state index contributed by atoms with van der Waals surface area (Å²) in [6.45, 7) is 6.62. The average molecular weight is 402 g/mol. The van der Waals surface area contributed by atoms with Gasteiger partial charge in [-0.25, -0.2) is 9.59 Å². The molecule has 0 fully saturated rings. The van der Waals surface area contributed by atoms with Gasteiger partial charge in [-0.1, -0.05) is 12.1 Å². The van der Waals surface area contributed by atoms with Crippen LogP contribution in [-0.2, 0) is 23.9 Å². The maximum absolute atomic E-state index is 13.0. The lowest BCUT2D eigenvalue weighted by atomic mass is 9.80. The molecule has 1 heterocycles. The predicted molar refractivity (Wildman–Crippen MR) is 103 cm³/mol. The first-order chi connectivity index (χ1) is 13.5. The molecule has 9 heteroatoms. The molecule has 1 aliphatic rings. The molecule has 1 unspecified atom stereocenters. The van der Waals surface area contributed by atoms with Crippen LogP contribution in [0.2, 0.25) is 0 Å². The maximum Gasteiger partial charge on any atom is 0.337 e. The molecule has 2 rings (SSSR count). The van der Waals surface area contributed by atoms with Crippen LogP contribution in [-0.4, -0.2) is 35.9 Å². The van der Waals surface area contributed by atoms with Crippen molar-refractivity contribution in [3.63, 3.8) is 0 Å². The Morgan fingerprint density at radius 2 is 1.86 bits per heavy atom. The normalized spacial score (nSPS) is 16.8. The van der Waals surface area contributed by atoms with Crippen molar-refractivity contribution in [3.05, 3.63) is 62.5 Å². The molecule has 1 aromatic rings. The Balaban J connectivity index is 2.76. The van der Waals surface area contributed by atoms with E-state index in [4.69, 9.17) is 9.47 Å². The highest BCUT2D eigenvalue weighted by molar-refractivity contribution is 6.03. The Hall–Kier alpha value is -3.49. The summed E-state index contributed by atoms with van der Waals surface area (Å²) >= 11 is 0. The van der Waals surface area contributed by atoms with Gasteiger partial charge in [0.15, 0.2) is 6.29 Å². The van der Waals surface area contributed by atoms with E-state index in [2.05, 4.69) is 5.32 Å². The number of dihydropyridines is 1. The third-order valence-corrected chi connectivity index (χ3v) is 4.15. The van der Waals surface area contributed by atoms with E-state index in [0.717, 1.165) is 7.11 Å². The molecule has 9 nitrogen and oxygen atoms in total. The Labute approximate surface area is 167 Å². The van der Waals surface area contributed by atoms with Crippen LogP contribution in [0.5, 0.6) is 0 Å². The Morgan fingerprint density at radius 1 is 1.21 bits per heavy atom. The summed E-state index contributed by atoms with van der Waals surface area (Å²) in [7, 11) is 1.14. The summed E-state index contributed by atoms with van der Waals surface area (Å²) in [4.78, 5) is 47.7. The summed E-state index contributed by atoms with van der Waals surface area (Å²) in [6.07, 6.45) is 0.436. The fourth-order valence-electron chi connectivity index (χ4n) is 3.04. The third kappa shape index (κ3) is 4.68. The lowest BCUT2D eigenvalue weighted by Gasteiger charge is -2.31. The molecule has 0 saturated carbocycles. The molecular weight excluding hydrogens is 380 g/mol. The van der Waals surface area contributed by atoms with Crippen molar-refractivity contribution in [2.45, 2.75) is 39.2 Å². The van der Waals surface area contributed by atoms with E-state index in [1.165, 1.54) is 24.3 Å². The Kier molecular flexibility index (Phi) is 6.21. The molecular formula is C20H22N2O7. The molecule has 1 N–H and O–H groups in total. The SMILES string of the molecule is COC(=O)C1=C(C=O)NC(C)=C(C(=O)OC(C)(C)C)C1c1cccc([N+](=O)[O-])c1. The van der Waals surface area contributed by atoms with Gasteiger partial charge >= 0.3 is 11.9 Å². The van der Waals surface area contributed by atoms with Gasteiger partial charge in [-0.15, -0.1) is 0 Å². The van der Waals surface area contributed by atoms with Crippen LogP contribution < -0.4 is 5.32 Å². The predicted octanol–water partition coefficient (Wildman–Crippen LogP) is 2.52. The number of nitro benzene ring substituents is 1. The van der Waals surface area contributed by atoms with Gasteiger partial charge in [0, 0.05) is 17.8 Å². The molecule has 0 bridgehead atoms. The van der Waals surface area contributed by atoms with Crippen LogP contribution in [0, 0.1) is 10.1 Å². The first-order valence-corrected chi connectivity index (χ1v) is 8.73. The third-order valence-electron chi connectivity index (χ3n) is 4.15. The first-order valence-electron chi connectivity index (χ1n) is 8.73. The second-order valence-electron chi connectivity index (χ2n) is 7.39. The van der Waals surface area contributed by atoms with E-state index in [0.29, 0.717) is 12.0 Å². The number of esters is 2. The molecule has 1 aromatic carbocycles. The number of allylic oxidation sites excluding steroid dienone is 2. The molecule has 1 aliphatic heterocycles. The number of non-ortho nitro benzene ring substituents is 1. The van der Waals surface area contributed by atoms with E-state index < -0.39 is 28.4 Å². The number of hydrogen-bond donors (Lipinski definition) is 1. The number of hydrogen-bond acceptors (Lipinski definition) is 8. The number of benzene rings is 1. The largest absolute Gasteiger partial charge is 0.466 e. The number of aldehydes is 1. The smallest absolute Gasteiger partial charge is 0.337 e. The quantitative estimate of drug-likeness (QED) is 0.345. The molecule has 0 aliphatic carbocycles. The van der Waals surface area contributed by atoms with Crippen molar-refractivity contribution in [2.75, 3.05) is 7.11 Å². The molecule has 1 atom stereocenters. The van der Waals surface area contributed by atoms with Crippen molar-refractivity contribution < 1.29 is 28.8 Å². The van der Waals surface area contributed by atoms with Crippen LogP contribution in [0.3, 0.4) is 0 Å². The van der Waals surface area contributed by atoms with Gasteiger partial charge in [-0.05, 0) is 33.3 Å². The van der Waals surface area contributed by atoms with Crippen molar-refractivity contribution in [1.29, 1.82) is 0 Å². The average Bonchev–Trinajstić information content (AvgIpc) is 2.64. The fourth-order valence-corrected chi connectivity index (χ4v) is 3.04. The van der Waals surface area contributed by atoms with Gasteiger partial charge in [0.25, 0.3) is 5.69 Å². The minimum Gasteiger partial charge on any atom is -0.466 e. The number of methoxy groups -OCH3 is 1. The van der Waals surface area contributed by atoms with Gasteiger partial charge < -0.3 is 14.8 Å². The van der Waals surface area contributed by atoms with Gasteiger partial charge in [0.05, 0.1) is 34.8 Å². The summed E-state index contributed by atoms with van der Waals surface area (Å²) in [5, 5.41) is 14.0. The van der Waals surface area contributed by atoms with Crippen molar-refractivity contribution in [1.82, 2.24) is 5.32 Å². The number of carbonyl (C=O) groups is 3. The van der Waals surface area contributed by atoms with Crippen LogP contribution in [0.25, 0.3) is 0 Å². The van der Waals surface area contributed by atoms with Crippen LogP contribution in [0.15, 0.2) is 46.8 Å². The maximum atomic E-state index is 13.0. The summed E-state index contributed by atoms with van der Waals surface area (Å²) in [5.41, 5.74) is -0.623. The minimum absolute atomic E-state index is 0.0615. The van der Waals surface area contributed by atoms with Crippen LogP contribution in [0.4, 0.5) is 5.69 Å². The highest BCUT2D eigenvalue weighted by Gasteiger charge is 2.40. The van der Waals surface area contributed by atoms with Crippen molar-refractivity contribution in [2.24, 2.45) is 0 Å². The number of nitrogens with zero attached hydrogens (tertiary/aromatic N) is 1. The van der Waals surface area contributed by atoms with Gasteiger partial charge in [-0.2, -0.15) is 0 Å². The zero-order valence-corrected chi connectivity index (χ0v) is 16.8. The first kappa shape index (κ1) is 21.8. The molecule has 0 radical (unpaired) electrons. The Morgan fingerprint density at radius 3 is 2.38 bits per heavy atom. The Bertz CT molecular complexity index is 938. The van der Waals surface area contributed by atoms with E-state index in [-0.39, 0.29) is 28.1 Å². The zero-order valence-electron chi connectivity index (χ0n) is 16.8. The van der Waals surface area contributed by atoms with E-state index in [9.17, 15) is 24.5 Å². The lowest BCUT2D eigenvalue weighted by Crippen LogP contribution is -2.35. The van der Waals surface area contributed by atoms with E-state index in [1.807, 2.05) is 0 Å². The molecule has 0 aromatic heterocycles. The molecule has 0 amide bonds. The highest BCUT2D eigenvalue weighted by atomic mass is 16.6. The molecule has 154 valence electrons. The van der Waals surface area contributed by atoms with Crippen molar-refractivity contribution >= 4 is 23.9 Å². The van der Waals surface area contributed by atoms with E-state index in [1.54, 1.807) is 27.7 Å².